The highest BCUT2D eigenvalue weighted by atomic mass is 32.1. The molecule has 0 saturated carbocycles. The van der Waals surface area contributed by atoms with Gasteiger partial charge in [0.25, 0.3) is 0 Å². The van der Waals surface area contributed by atoms with Crippen molar-refractivity contribution in [1.82, 2.24) is 0 Å². The van der Waals surface area contributed by atoms with Crippen molar-refractivity contribution in [2.75, 3.05) is 0 Å². The fourth-order valence-electron chi connectivity index (χ4n) is 1.63. The van der Waals surface area contributed by atoms with Gasteiger partial charge in [0.2, 0.25) is 0 Å². The Morgan fingerprint density at radius 1 is 1.25 bits per heavy atom. The first-order valence-corrected chi connectivity index (χ1v) is 6.12. The van der Waals surface area contributed by atoms with Crippen molar-refractivity contribution in [2.24, 2.45) is 5.73 Å². The highest BCUT2D eigenvalue weighted by Gasteiger charge is 2.14. The van der Waals surface area contributed by atoms with E-state index in [9.17, 15) is 4.39 Å². The molecule has 1 aromatic heterocycles. The predicted molar refractivity (Wildman–Crippen MR) is 66.1 cm³/mol. The minimum atomic E-state index is -0.355. The first-order chi connectivity index (χ1) is 7.72. The van der Waals surface area contributed by atoms with E-state index in [1.807, 2.05) is 12.1 Å². The zero-order valence-electron chi connectivity index (χ0n) is 9.11. The monoisotopic (exact) mass is 235 g/mol. The molecule has 0 spiro atoms. The third-order valence-electron chi connectivity index (χ3n) is 2.58. The summed E-state index contributed by atoms with van der Waals surface area (Å²) in [5, 5.41) is 0. The van der Waals surface area contributed by atoms with Crippen LogP contribution in [-0.4, -0.2) is 0 Å². The molecule has 0 aliphatic carbocycles. The Bertz CT molecular complexity index is 478. The van der Waals surface area contributed by atoms with Gasteiger partial charge in [-0.1, -0.05) is 25.1 Å². The first kappa shape index (κ1) is 11.3. The molecule has 1 heterocycles. The van der Waals surface area contributed by atoms with E-state index in [-0.39, 0.29) is 11.9 Å². The van der Waals surface area contributed by atoms with Crippen LogP contribution in [0.2, 0.25) is 0 Å². The quantitative estimate of drug-likeness (QED) is 0.865. The zero-order chi connectivity index (χ0) is 11.5. The summed E-state index contributed by atoms with van der Waals surface area (Å²) in [5.74, 6) is -0.235. The Hall–Kier alpha value is -1.19. The molecule has 2 N–H and O–H groups in total. The van der Waals surface area contributed by atoms with E-state index in [1.165, 1.54) is 10.9 Å². The van der Waals surface area contributed by atoms with Gasteiger partial charge in [0, 0.05) is 15.3 Å². The standard InChI is InChI=1S/C13H14FNS/c1-2-9-7-8-12(16-9)13(15)10-5-3-4-6-11(10)14/h3-8,13H,2,15H2,1H3. The van der Waals surface area contributed by atoms with Crippen LogP contribution in [0.25, 0.3) is 0 Å². The molecule has 2 aromatic rings. The van der Waals surface area contributed by atoms with Crippen LogP contribution in [0.5, 0.6) is 0 Å². The van der Waals surface area contributed by atoms with Gasteiger partial charge in [-0.2, -0.15) is 0 Å². The molecule has 0 saturated heterocycles. The molecule has 0 amide bonds. The van der Waals surface area contributed by atoms with E-state index in [1.54, 1.807) is 23.5 Å². The van der Waals surface area contributed by atoms with E-state index in [4.69, 9.17) is 5.73 Å². The van der Waals surface area contributed by atoms with Crippen molar-refractivity contribution in [3.63, 3.8) is 0 Å². The first-order valence-electron chi connectivity index (χ1n) is 5.31. The van der Waals surface area contributed by atoms with Gasteiger partial charge >= 0.3 is 0 Å². The Morgan fingerprint density at radius 3 is 2.62 bits per heavy atom. The van der Waals surface area contributed by atoms with Crippen molar-refractivity contribution in [1.29, 1.82) is 0 Å². The SMILES string of the molecule is CCc1ccc(C(N)c2ccccc2F)s1. The lowest BCUT2D eigenvalue weighted by atomic mass is 10.1. The van der Waals surface area contributed by atoms with Crippen molar-refractivity contribution in [3.8, 4) is 0 Å². The number of benzene rings is 1. The molecule has 3 heteroatoms. The van der Waals surface area contributed by atoms with Gasteiger partial charge in [-0.15, -0.1) is 11.3 Å². The maximum absolute atomic E-state index is 13.5. The molecule has 84 valence electrons. The third kappa shape index (κ3) is 2.15. The molecule has 0 bridgehead atoms. The fourth-order valence-corrected chi connectivity index (χ4v) is 2.61. The van der Waals surface area contributed by atoms with Crippen molar-refractivity contribution < 1.29 is 4.39 Å². The number of thiophene rings is 1. The minimum Gasteiger partial charge on any atom is -0.320 e. The van der Waals surface area contributed by atoms with Crippen LogP contribution < -0.4 is 5.73 Å². The Labute approximate surface area is 98.7 Å². The Morgan fingerprint density at radius 2 is 2.00 bits per heavy atom. The molecule has 1 unspecified atom stereocenters. The second-order valence-corrected chi connectivity index (χ2v) is 4.86. The number of nitrogens with two attached hydrogens (primary N) is 1. The molecule has 1 nitrogen and oxygen atoms in total. The minimum absolute atomic E-state index is 0.235. The summed E-state index contributed by atoms with van der Waals surface area (Å²) in [4.78, 5) is 2.30. The van der Waals surface area contributed by atoms with Crippen molar-refractivity contribution >= 4 is 11.3 Å². The fraction of sp³-hybridized carbons (Fsp3) is 0.231. The van der Waals surface area contributed by atoms with Gasteiger partial charge in [-0.05, 0) is 24.6 Å². The van der Waals surface area contributed by atoms with E-state index in [0.717, 1.165) is 11.3 Å². The lowest BCUT2D eigenvalue weighted by Crippen LogP contribution is -2.11. The highest BCUT2D eigenvalue weighted by Crippen LogP contribution is 2.28. The summed E-state index contributed by atoms with van der Waals surface area (Å²) in [6.45, 7) is 2.10. The summed E-state index contributed by atoms with van der Waals surface area (Å²) >= 11 is 1.65. The summed E-state index contributed by atoms with van der Waals surface area (Å²) < 4.78 is 13.5. The maximum Gasteiger partial charge on any atom is 0.128 e. The molecule has 0 aliphatic rings. The van der Waals surface area contributed by atoms with Crippen LogP contribution in [0, 0.1) is 5.82 Å². The Balaban J connectivity index is 2.31. The van der Waals surface area contributed by atoms with Gasteiger partial charge in [-0.3, -0.25) is 0 Å². The van der Waals surface area contributed by atoms with Crippen LogP contribution in [0.3, 0.4) is 0 Å². The topological polar surface area (TPSA) is 26.0 Å². The predicted octanol–water partition coefficient (Wildman–Crippen LogP) is 3.50. The zero-order valence-corrected chi connectivity index (χ0v) is 9.93. The molecular weight excluding hydrogens is 221 g/mol. The third-order valence-corrected chi connectivity index (χ3v) is 3.89. The lowest BCUT2D eigenvalue weighted by molar-refractivity contribution is 0.601. The van der Waals surface area contributed by atoms with Crippen LogP contribution >= 0.6 is 11.3 Å². The van der Waals surface area contributed by atoms with E-state index in [2.05, 4.69) is 13.0 Å². The molecular formula is C13H14FNS. The number of hydrogen-bond acceptors (Lipinski definition) is 2. The Kier molecular flexibility index (Phi) is 3.36. The molecule has 0 aliphatic heterocycles. The second kappa shape index (κ2) is 4.76. The number of hydrogen-bond donors (Lipinski definition) is 1. The summed E-state index contributed by atoms with van der Waals surface area (Å²) in [7, 11) is 0. The smallest absolute Gasteiger partial charge is 0.128 e. The molecule has 1 aromatic carbocycles. The number of halogens is 1. The van der Waals surface area contributed by atoms with Crippen molar-refractivity contribution in [3.05, 3.63) is 57.5 Å². The largest absolute Gasteiger partial charge is 0.320 e. The van der Waals surface area contributed by atoms with Crippen molar-refractivity contribution in [2.45, 2.75) is 19.4 Å². The van der Waals surface area contributed by atoms with Crippen LogP contribution in [0.4, 0.5) is 4.39 Å². The maximum atomic E-state index is 13.5. The van der Waals surface area contributed by atoms with Gasteiger partial charge in [0.15, 0.2) is 0 Å². The van der Waals surface area contributed by atoms with Gasteiger partial charge in [-0.25, -0.2) is 4.39 Å². The van der Waals surface area contributed by atoms with Gasteiger partial charge in [0.1, 0.15) is 5.82 Å². The van der Waals surface area contributed by atoms with Crippen LogP contribution in [-0.2, 0) is 6.42 Å². The summed E-state index contributed by atoms with van der Waals surface area (Å²) in [6, 6.07) is 10.4. The molecule has 0 radical (unpaired) electrons. The summed E-state index contributed by atoms with van der Waals surface area (Å²) in [5.41, 5.74) is 6.62. The van der Waals surface area contributed by atoms with E-state index in [0.29, 0.717) is 5.56 Å². The van der Waals surface area contributed by atoms with E-state index < -0.39 is 0 Å². The molecule has 0 fully saturated rings. The van der Waals surface area contributed by atoms with Crippen LogP contribution in [0.15, 0.2) is 36.4 Å². The molecule has 2 rings (SSSR count). The van der Waals surface area contributed by atoms with Gasteiger partial charge in [0.05, 0.1) is 6.04 Å². The molecule has 1 atom stereocenters. The second-order valence-electron chi connectivity index (χ2n) is 3.66. The summed E-state index contributed by atoms with van der Waals surface area (Å²) in [6.07, 6.45) is 0.995. The molecule has 16 heavy (non-hydrogen) atoms. The lowest BCUT2D eigenvalue weighted by Gasteiger charge is -2.10. The average Bonchev–Trinajstić information content (AvgIpc) is 2.77. The van der Waals surface area contributed by atoms with Gasteiger partial charge < -0.3 is 5.73 Å². The average molecular weight is 235 g/mol. The van der Waals surface area contributed by atoms with Crippen LogP contribution in [0.1, 0.15) is 28.3 Å². The number of aryl methyl sites for hydroxylation is 1. The normalized spacial score (nSPS) is 12.7. The number of rotatable bonds is 3. The highest BCUT2D eigenvalue weighted by molar-refractivity contribution is 7.12. The van der Waals surface area contributed by atoms with E-state index >= 15 is 0 Å².